The van der Waals surface area contributed by atoms with E-state index >= 15 is 0 Å². The molecular weight excluding hydrogens is 155 g/mol. The first kappa shape index (κ1) is 8.45. The lowest BCUT2D eigenvalue weighted by molar-refractivity contribution is 0.176. The number of rotatable bonds is 3. The summed E-state index contributed by atoms with van der Waals surface area (Å²) in [6.45, 7) is 5.22. The minimum absolute atomic E-state index is 0.0807. The standard InChI is InChI=1S/C9H17FN2/c10-7-9(1-2-9)8-12-5-3-11-4-6-12/h11H,1-8H2. The quantitative estimate of drug-likeness (QED) is 0.672. The van der Waals surface area contributed by atoms with Crippen molar-refractivity contribution < 1.29 is 4.39 Å². The van der Waals surface area contributed by atoms with Gasteiger partial charge in [0, 0.05) is 38.1 Å². The molecule has 3 heteroatoms. The molecule has 0 atom stereocenters. The Morgan fingerprint density at radius 1 is 1.25 bits per heavy atom. The van der Waals surface area contributed by atoms with Gasteiger partial charge in [-0.25, -0.2) is 0 Å². The van der Waals surface area contributed by atoms with Crippen molar-refractivity contribution in [2.75, 3.05) is 39.4 Å². The molecule has 2 nitrogen and oxygen atoms in total. The third-order valence-corrected chi connectivity index (χ3v) is 3.01. The molecule has 0 aromatic carbocycles. The van der Waals surface area contributed by atoms with E-state index in [4.69, 9.17) is 0 Å². The summed E-state index contributed by atoms with van der Waals surface area (Å²) in [6.07, 6.45) is 2.21. The normalized spacial score (nSPS) is 28.8. The monoisotopic (exact) mass is 172 g/mol. The summed E-state index contributed by atoms with van der Waals surface area (Å²) in [7, 11) is 0. The lowest BCUT2D eigenvalue weighted by atomic mass is 10.1. The average Bonchev–Trinajstić information content (AvgIpc) is 2.88. The maximum Gasteiger partial charge on any atom is 0.0962 e. The van der Waals surface area contributed by atoms with Crippen LogP contribution in [-0.4, -0.2) is 44.3 Å². The van der Waals surface area contributed by atoms with Gasteiger partial charge in [0.1, 0.15) is 0 Å². The van der Waals surface area contributed by atoms with Gasteiger partial charge >= 0.3 is 0 Å². The van der Waals surface area contributed by atoms with Gasteiger partial charge in [0.2, 0.25) is 0 Å². The first-order chi connectivity index (χ1) is 5.85. The van der Waals surface area contributed by atoms with Crippen LogP contribution in [0.2, 0.25) is 0 Å². The Balaban J connectivity index is 1.77. The van der Waals surface area contributed by atoms with Crippen molar-refractivity contribution in [3.63, 3.8) is 0 Å². The third kappa shape index (κ3) is 1.77. The van der Waals surface area contributed by atoms with Crippen LogP contribution in [0, 0.1) is 5.41 Å². The molecule has 2 aliphatic rings. The lowest BCUT2D eigenvalue weighted by Gasteiger charge is -2.29. The minimum Gasteiger partial charge on any atom is -0.314 e. The molecule has 0 aromatic heterocycles. The smallest absolute Gasteiger partial charge is 0.0962 e. The van der Waals surface area contributed by atoms with Gasteiger partial charge < -0.3 is 10.2 Å². The SMILES string of the molecule is FCC1(CN2CCNCC2)CC1. The van der Waals surface area contributed by atoms with Crippen LogP contribution < -0.4 is 5.32 Å². The van der Waals surface area contributed by atoms with Crippen LogP contribution in [0.1, 0.15) is 12.8 Å². The minimum atomic E-state index is -0.114. The zero-order valence-electron chi connectivity index (χ0n) is 7.48. The summed E-state index contributed by atoms with van der Waals surface area (Å²) in [5.41, 5.74) is 0.0807. The molecular formula is C9H17FN2. The molecule has 70 valence electrons. The van der Waals surface area contributed by atoms with Crippen LogP contribution in [-0.2, 0) is 0 Å². The van der Waals surface area contributed by atoms with Crippen LogP contribution in [0.3, 0.4) is 0 Å². The summed E-state index contributed by atoms with van der Waals surface area (Å²) in [5.74, 6) is 0. The van der Waals surface area contributed by atoms with E-state index in [0.29, 0.717) is 0 Å². The Morgan fingerprint density at radius 2 is 1.92 bits per heavy atom. The van der Waals surface area contributed by atoms with Gasteiger partial charge in [-0.15, -0.1) is 0 Å². The first-order valence-corrected chi connectivity index (χ1v) is 4.84. The molecule has 0 radical (unpaired) electrons. The topological polar surface area (TPSA) is 15.3 Å². The van der Waals surface area contributed by atoms with Crippen molar-refractivity contribution in [3.05, 3.63) is 0 Å². The highest BCUT2D eigenvalue weighted by molar-refractivity contribution is 4.95. The fourth-order valence-corrected chi connectivity index (χ4v) is 1.85. The molecule has 0 aromatic rings. The number of halogens is 1. The summed E-state index contributed by atoms with van der Waals surface area (Å²) in [5, 5.41) is 3.30. The van der Waals surface area contributed by atoms with Crippen molar-refractivity contribution in [3.8, 4) is 0 Å². The second-order valence-electron chi connectivity index (χ2n) is 4.16. The van der Waals surface area contributed by atoms with E-state index in [-0.39, 0.29) is 12.1 Å². The van der Waals surface area contributed by atoms with E-state index in [1.807, 2.05) is 0 Å². The van der Waals surface area contributed by atoms with Crippen LogP contribution in [0.15, 0.2) is 0 Å². The van der Waals surface area contributed by atoms with E-state index in [0.717, 1.165) is 45.6 Å². The van der Waals surface area contributed by atoms with Crippen LogP contribution >= 0.6 is 0 Å². The molecule has 1 heterocycles. The summed E-state index contributed by atoms with van der Waals surface area (Å²) < 4.78 is 12.5. The summed E-state index contributed by atoms with van der Waals surface area (Å²) in [4.78, 5) is 2.39. The number of alkyl halides is 1. The van der Waals surface area contributed by atoms with Crippen molar-refractivity contribution in [2.45, 2.75) is 12.8 Å². The lowest BCUT2D eigenvalue weighted by Crippen LogP contribution is -2.45. The molecule has 1 aliphatic heterocycles. The molecule has 0 amide bonds. The zero-order valence-corrected chi connectivity index (χ0v) is 7.48. The fourth-order valence-electron chi connectivity index (χ4n) is 1.85. The van der Waals surface area contributed by atoms with Crippen LogP contribution in [0.5, 0.6) is 0 Å². The van der Waals surface area contributed by atoms with Crippen molar-refractivity contribution in [1.29, 1.82) is 0 Å². The van der Waals surface area contributed by atoms with Crippen molar-refractivity contribution in [2.24, 2.45) is 5.41 Å². The van der Waals surface area contributed by atoms with E-state index < -0.39 is 0 Å². The van der Waals surface area contributed by atoms with Gasteiger partial charge in [0.05, 0.1) is 6.67 Å². The van der Waals surface area contributed by atoms with Gasteiger partial charge in [0.25, 0.3) is 0 Å². The number of hydrogen-bond acceptors (Lipinski definition) is 2. The zero-order chi connectivity index (χ0) is 8.44. The van der Waals surface area contributed by atoms with E-state index in [1.54, 1.807) is 0 Å². The molecule has 1 saturated heterocycles. The maximum absolute atomic E-state index is 12.5. The maximum atomic E-state index is 12.5. The second-order valence-corrected chi connectivity index (χ2v) is 4.16. The Bertz CT molecular complexity index is 151. The molecule has 1 aliphatic carbocycles. The third-order valence-electron chi connectivity index (χ3n) is 3.01. The van der Waals surface area contributed by atoms with E-state index in [1.165, 1.54) is 0 Å². The summed E-state index contributed by atoms with van der Waals surface area (Å²) >= 11 is 0. The highest BCUT2D eigenvalue weighted by Gasteiger charge is 2.43. The number of hydrogen-bond donors (Lipinski definition) is 1. The van der Waals surface area contributed by atoms with Crippen molar-refractivity contribution in [1.82, 2.24) is 10.2 Å². The van der Waals surface area contributed by atoms with Crippen LogP contribution in [0.4, 0.5) is 4.39 Å². The highest BCUT2D eigenvalue weighted by Crippen LogP contribution is 2.46. The molecule has 0 unspecified atom stereocenters. The van der Waals surface area contributed by atoms with E-state index in [2.05, 4.69) is 10.2 Å². The largest absolute Gasteiger partial charge is 0.314 e. The van der Waals surface area contributed by atoms with Gasteiger partial charge in [0.15, 0.2) is 0 Å². The predicted molar refractivity (Wildman–Crippen MR) is 47.0 cm³/mol. The molecule has 1 N–H and O–H groups in total. The number of nitrogens with zero attached hydrogens (tertiary/aromatic N) is 1. The van der Waals surface area contributed by atoms with Crippen LogP contribution in [0.25, 0.3) is 0 Å². The van der Waals surface area contributed by atoms with E-state index in [9.17, 15) is 4.39 Å². The number of piperazine rings is 1. The molecule has 1 saturated carbocycles. The molecule has 2 fully saturated rings. The molecule has 0 spiro atoms. The van der Waals surface area contributed by atoms with Gasteiger partial charge in [-0.1, -0.05) is 0 Å². The Morgan fingerprint density at radius 3 is 2.42 bits per heavy atom. The van der Waals surface area contributed by atoms with Crippen molar-refractivity contribution >= 4 is 0 Å². The Hall–Kier alpha value is -0.150. The molecule has 2 rings (SSSR count). The molecule has 12 heavy (non-hydrogen) atoms. The second kappa shape index (κ2) is 3.30. The highest BCUT2D eigenvalue weighted by atomic mass is 19.1. The average molecular weight is 172 g/mol. The molecule has 0 bridgehead atoms. The van der Waals surface area contributed by atoms with Gasteiger partial charge in [-0.3, -0.25) is 4.39 Å². The first-order valence-electron chi connectivity index (χ1n) is 4.84. The number of nitrogens with one attached hydrogen (secondary N) is 1. The Labute approximate surface area is 73.1 Å². The predicted octanol–water partition coefficient (Wildman–Crippen LogP) is 0.641. The Kier molecular flexibility index (Phi) is 2.33. The fraction of sp³-hybridized carbons (Fsp3) is 1.00. The van der Waals surface area contributed by atoms with Gasteiger partial charge in [-0.05, 0) is 12.8 Å². The van der Waals surface area contributed by atoms with Gasteiger partial charge in [-0.2, -0.15) is 0 Å². The summed E-state index contributed by atoms with van der Waals surface area (Å²) in [6, 6.07) is 0.